The van der Waals surface area contributed by atoms with Gasteiger partial charge in [-0.2, -0.15) is 0 Å². The number of fused-ring (bicyclic) bond motifs is 2. The van der Waals surface area contributed by atoms with Gasteiger partial charge in [0.2, 0.25) is 5.56 Å². The number of nitrogens with one attached hydrogen (secondary N) is 1. The molecule has 0 aliphatic heterocycles. The summed E-state index contributed by atoms with van der Waals surface area (Å²) in [6, 6.07) is 43.4. The molecule has 0 unspecified atom stereocenters. The highest BCUT2D eigenvalue weighted by atomic mass is 16.1. The number of benzene rings is 2. The van der Waals surface area contributed by atoms with Gasteiger partial charge in [0.1, 0.15) is 11.3 Å². The van der Waals surface area contributed by atoms with Crippen LogP contribution in [0, 0.1) is 0 Å². The van der Waals surface area contributed by atoms with Crippen LogP contribution in [0.15, 0.2) is 193 Å². The van der Waals surface area contributed by atoms with Crippen LogP contribution in [0.1, 0.15) is 6.92 Å². The lowest BCUT2D eigenvalue weighted by Crippen LogP contribution is -2.16. The number of pyridine rings is 6. The smallest absolute Gasteiger partial charge is 0.250 e. The van der Waals surface area contributed by atoms with E-state index in [2.05, 4.69) is 76.2 Å². The fourth-order valence-electron chi connectivity index (χ4n) is 7.00. The summed E-state index contributed by atoms with van der Waals surface area (Å²) in [6.45, 7) is 2.61. The van der Waals surface area contributed by atoms with Crippen molar-refractivity contribution in [3.63, 3.8) is 0 Å². The molecule has 2 aromatic carbocycles. The molecule has 0 saturated heterocycles. The van der Waals surface area contributed by atoms with Crippen molar-refractivity contribution in [2.24, 2.45) is 0 Å². The molecule has 0 fully saturated rings. The number of nitrogens with zero attached hydrogens (tertiary/aromatic N) is 7. The van der Waals surface area contributed by atoms with Gasteiger partial charge in [-0.05, 0) is 89.8 Å². The fraction of sp³-hybridized carbons (Fsp3) is 0.0417. The Bertz CT molecular complexity index is 3140. The zero-order valence-electron chi connectivity index (χ0n) is 31.5. The summed E-state index contributed by atoms with van der Waals surface area (Å²) in [5, 5.41) is 0. The molecule has 8 heterocycles. The summed E-state index contributed by atoms with van der Waals surface area (Å²) >= 11 is 0. The predicted molar refractivity (Wildman–Crippen MR) is 229 cm³/mol. The Kier molecular flexibility index (Phi) is 9.63. The molecule has 0 radical (unpaired) electrons. The third kappa shape index (κ3) is 7.25. The van der Waals surface area contributed by atoms with Crippen LogP contribution in [0.2, 0.25) is 0 Å². The average molecular weight is 757 g/mol. The number of aromatic amines is 1. The maximum Gasteiger partial charge on any atom is 0.250 e. The maximum absolute atomic E-state index is 11.9. The molecule has 10 aromatic rings. The second-order valence-electron chi connectivity index (χ2n) is 13.6. The predicted octanol–water partition coefficient (Wildman–Crippen LogP) is 9.33. The molecule has 10 nitrogen and oxygen atoms in total. The van der Waals surface area contributed by atoms with E-state index in [1.807, 2.05) is 129 Å². The number of imidazole rings is 2. The van der Waals surface area contributed by atoms with Gasteiger partial charge in [0.05, 0.1) is 35.2 Å². The normalized spacial score (nSPS) is 11.1. The van der Waals surface area contributed by atoms with Crippen molar-refractivity contribution < 1.29 is 0 Å². The number of rotatable bonds is 7. The van der Waals surface area contributed by atoms with Gasteiger partial charge in [-0.15, -0.1) is 0 Å². The Balaban J connectivity index is 0.000000151. The van der Waals surface area contributed by atoms with Crippen LogP contribution >= 0.6 is 0 Å². The summed E-state index contributed by atoms with van der Waals surface area (Å²) in [4.78, 5) is 44.1. The summed E-state index contributed by atoms with van der Waals surface area (Å²) in [5.74, 6) is 0. The highest BCUT2D eigenvalue weighted by Gasteiger charge is 2.12. The molecule has 0 amide bonds. The van der Waals surface area contributed by atoms with E-state index < -0.39 is 0 Å². The van der Waals surface area contributed by atoms with Crippen LogP contribution in [0.4, 0.5) is 0 Å². The number of hydrogen-bond donors (Lipinski definition) is 1. The molecule has 0 bridgehead atoms. The topological polar surface area (TPSA) is 115 Å². The molecular weight excluding hydrogens is 721 g/mol. The van der Waals surface area contributed by atoms with E-state index in [9.17, 15) is 9.59 Å². The Morgan fingerprint density at radius 2 is 1.03 bits per heavy atom. The van der Waals surface area contributed by atoms with Gasteiger partial charge in [-0.3, -0.25) is 28.4 Å². The third-order valence-corrected chi connectivity index (χ3v) is 10.1. The Morgan fingerprint density at radius 3 is 1.55 bits per heavy atom. The minimum atomic E-state index is -0.111. The SMILES string of the molecule is CCn1cc(-c2ccn3c(-c4ccnc(-c5ccccc5)c4)cnc3c2)ccc1=O.O=c1ccc(-c2ccn3c(-c4ccnc(-c5ccccc5)c4)cnc3c2)c[nH]1. The van der Waals surface area contributed by atoms with Gasteiger partial charge >= 0.3 is 0 Å². The van der Waals surface area contributed by atoms with E-state index in [1.165, 1.54) is 6.07 Å². The first-order chi connectivity index (χ1) is 28.5. The van der Waals surface area contributed by atoms with E-state index in [1.54, 1.807) is 16.8 Å². The second kappa shape index (κ2) is 15.6. The first-order valence-corrected chi connectivity index (χ1v) is 18.9. The van der Waals surface area contributed by atoms with E-state index >= 15 is 0 Å². The van der Waals surface area contributed by atoms with Crippen molar-refractivity contribution in [3.05, 3.63) is 204 Å². The Labute approximate surface area is 333 Å². The summed E-state index contributed by atoms with van der Waals surface area (Å²) in [5.41, 5.74) is 13.7. The van der Waals surface area contributed by atoms with Gasteiger partial charge < -0.3 is 9.55 Å². The van der Waals surface area contributed by atoms with Crippen LogP contribution in [-0.4, -0.2) is 38.3 Å². The Morgan fingerprint density at radius 1 is 0.500 bits per heavy atom. The molecule has 1 N–H and O–H groups in total. The molecule has 10 rings (SSSR count). The lowest BCUT2D eigenvalue weighted by atomic mass is 10.1. The van der Waals surface area contributed by atoms with Crippen LogP contribution < -0.4 is 11.1 Å². The van der Waals surface area contributed by atoms with Crippen LogP contribution in [0.5, 0.6) is 0 Å². The zero-order chi connectivity index (χ0) is 39.4. The molecule has 280 valence electrons. The zero-order valence-corrected chi connectivity index (χ0v) is 31.5. The number of H-pyrrole nitrogens is 1. The molecular formula is C48H36N8O2. The van der Waals surface area contributed by atoms with E-state index in [4.69, 9.17) is 0 Å². The molecule has 8 aromatic heterocycles. The van der Waals surface area contributed by atoms with Gasteiger partial charge in [-0.1, -0.05) is 60.7 Å². The van der Waals surface area contributed by atoms with Crippen LogP contribution in [0.25, 0.3) is 78.6 Å². The standard InChI is InChI=1S/C25H20N4O.C23H16N4O/c1-2-28-17-21(8-9-25(28)30)19-11-13-29-23(16-27-24(29)15-19)20-10-12-26-22(14-20)18-6-4-3-5-7-18;28-23-7-6-19(14-26-23)17-9-11-27-21(15-25-22(27)13-17)18-8-10-24-20(12-18)16-4-2-1-3-5-16/h3-17H,2H2,1H3;1-15H,(H,26,28). The van der Waals surface area contributed by atoms with Crippen LogP contribution in [-0.2, 0) is 6.54 Å². The van der Waals surface area contributed by atoms with Gasteiger partial charge in [-0.25, -0.2) is 9.97 Å². The molecule has 0 aliphatic rings. The summed E-state index contributed by atoms with van der Waals surface area (Å²) in [7, 11) is 0. The van der Waals surface area contributed by atoms with Gasteiger partial charge in [0.15, 0.2) is 0 Å². The highest BCUT2D eigenvalue weighted by Crippen LogP contribution is 2.29. The number of aryl methyl sites for hydroxylation is 1. The van der Waals surface area contributed by atoms with E-state index in [-0.39, 0.29) is 11.1 Å². The lowest BCUT2D eigenvalue weighted by molar-refractivity contribution is 0.728. The number of aromatic nitrogens is 8. The Hall–Kier alpha value is -7.98. The van der Waals surface area contributed by atoms with Crippen molar-refractivity contribution in [3.8, 4) is 67.3 Å². The lowest BCUT2D eigenvalue weighted by Gasteiger charge is -2.08. The molecule has 10 heteroatoms. The maximum atomic E-state index is 11.9. The van der Waals surface area contributed by atoms with E-state index in [0.717, 1.165) is 78.6 Å². The molecule has 58 heavy (non-hydrogen) atoms. The van der Waals surface area contributed by atoms with Crippen molar-refractivity contribution >= 4 is 11.3 Å². The fourth-order valence-corrected chi connectivity index (χ4v) is 7.00. The minimum Gasteiger partial charge on any atom is -0.328 e. The first-order valence-electron chi connectivity index (χ1n) is 18.9. The largest absolute Gasteiger partial charge is 0.328 e. The molecule has 0 atom stereocenters. The molecule has 0 saturated carbocycles. The van der Waals surface area contributed by atoms with Crippen molar-refractivity contribution in [1.29, 1.82) is 0 Å². The summed E-state index contributed by atoms with van der Waals surface area (Å²) in [6.07, 6.45) is 15.1. The van der Waals surface area contributed by atoms with Gasteiger partial charge in [0.25, 0.3) is 5.56 Å². The monoisotopic (exact) mass is 756 g/mol. The first kappa shape index (κ1) is 35.7. The van der Waals surface area contributed by atoms with Crippen LogP contribution in [0.3, 0.4) is 0 Å². The van der Waals surface area contributed by atoms with Crippen molar-refractivity contribution in [2.75, 3.05) is 0 Å². The highest BCUT2D eigenvalue weighted by molar-refractivity contribution is 5.74. The number of hydrogen-bond acceptors (Lipinski definition) is 6. The van der Waals surface area contributed by atoms with Crippen molar-refractivity contribution in [1.82, 2.24) is 38.3 Å². The van der Waals surface area contributed by atoms with Crippen molar-refractivity contribution in [2.45, 2.75) is 13.5 Å². The van der Waals surface area contributed by atoms with E-state index in [0.29, 0.717) is 6.54 Å². The van der Waals surface area contributed by atoms with Gasteiger partial charge in [0, 0.05) is 78.1 Å². The summed E-state index contributed by atoms with van der Waals surface area (Å²) < 4.78 is 5.83. The second-order valence-corrected chi connectivity index (χ2v) is 13.6. The quantitative estimate of drug-likeness (QED) is 0.173. The molecule has 0 spiro atoms. The average Bonchev–Trinajstić information content (AvgIpc) is 3.92. The molecule has 0 aliphatic carbocycles. The minimum absolute atomic E-state index is 0.0114. The third-order valence-electron chi connectivity index (χ3n) is 10.1.